The number of benzene rings is 2. The van der Waals surface area contributed by atoms with Gasteiger partial charge in [-0.05, 0) is 53.6 Å². The van der Waals surface area contributed by atoms with Crippen LogP contribution in [0.5, 0.6) is 5.75 Å². The fourth-order valence-corrected chi connectivity index (χ4v) is 3.54. The molecular formula is C25H32N2O3. The number of ether oxygens (including phenoxy) is 1. The number of nitrogens with one attached hydrogen (secondary N) is 1. The Morgan fingerprint density at radius 2 is 1.90 bits per heavy atom. The monoisotopic (exact) mass is 408 g/mol. The fourth-order valence-electron chi connectivity index (χ4n) is 3.54. The average Bonchev–Trinajstić information content (AvgIpc) is 3.10. The van der Waals surface area contributed by atoms with Crippen LogP contribution in [0.1, 0.15) is 57.6 Å². The fraction of sp³-hybridized carbons (Fsp3) is 0.440. The third kappa shape index (κ3) is 6.34. The van der Waals surface area contributed by atoms with Gasteiger partial charge in [-0.1, -0.05) is 45.0 Å². The van der Waals surface area contributed by atoms with E-state index in [-0.39, 0.29) is 17.2 Å². The van der Waals surface area contributed by atoms with Gasteiger partial charge in [-0.2, -0.15) is 0 Å². The lowest BCUT2D eigenvalue weighted by molar-refractivity contribution is -0.128. The summed E-state index contributed by atoms with van der Waals surface area (Å²) in [7, 11) is 0. The Labute approximate surface area is 179 Å². The van der Waals surface area contributed by atoms with Gasteiger partial charge < -0.3 is 15.0 Å². The maximum absolute atomic E-state index is 12.3. The van der Waals surface area contributed by atoms with Crippen molar-refractivity contribution in [3.05, 3.63) is 59.7 Å². The average molecular weight is 409 g/mol. The van der Waals surface area contributed by atoms with E-state index < -0.39 is 0 Å². The second-order valence-corrected chi connectivity index (χ2v) is 8.89. The van der Waals surface area contributed by atoms with Crippen molar-refractivity contribution in [3.8, 4) is 5.75 Å². The summed E-state index contributed by atoms with van der Waals surface area (Å²) in [6, 6.07) is 15.9. The van der Waals surface area contributed by atoms with Gasteiger partial charge in [-0.25, -0.2) is 0 Å². The van der Waals surface area contributed by atoms with Crippen LogP contribution in [0.2, 0.25) is 0 Å². The third-order valence-corrected chi connectivity index (χ3v) is 5.29. The van der Waals surface area contributed by atoms with Gasteiger partial charge in [0.25, 0.3) is 0 Å². The van der Waals surface area contributed by atoms with Crippen LogP contribution >= 0.6 is 0 Å². The Morgan fingerprint density at radius 3 is 2.57 bits per heavy atom. The molecule has 2 aromatic carbocycles. The molecule has 1 aliphatic rings. The second kappa shape index (κ2) is 9.79. The minimum Gasteiger partial charge on any atom is -0.494 e. The summed E-state index contributed by atoms with van der Waals surface area (Å²) in [4.78, 5) is 25.9. The van der Waals surface area contributed by atoms with Crippen molar-refractivity contribution >= 4 is 17.5 Å². The summed E-state index contributed by atoms with van der Waals surface area (Å²) in [5.41, 5.74) is 3.19. The van der Waals surface area contributed by atoms with Crippen LogP contribution in [-0.4, -0.2) is 29.9 Å². The van der Waals surface area contributed by atoms with Crippen molar-refractivity contribution < 1.29 is 14.3 Å². The van der Waals surface area contributed by atoms with E-state index in [1.807, 2.05) is 41.3 Å². The van der Waals surface area contributed by atoms with Crippen molar-refractivity contribution in [1.82, 2.24) is 4.90 Å². The highest BCUT2D eigenvalue weighted by molar-refractivity contribution is 5.90. The lowest BCUT2D eigenvalue weighted by Gasteiger charge is -2.19. The predicted molar refractivity (Wildman–Crippen MR) is 120 cm³/mol. The zero-order valence-electron chi connectivity index (χ0n) is 18.2. The van der Waals surface area contributed by atoms with Gasteiger partial charge in [0, 0.05) is 31.6 Å². The maximum atomic E-state index is 12.3. The topological polar surface area (TPSA) is 58.6 Å². The summed E-state index contributed by atoms with van der Waals surface area (Å²) < 4.78 is 5.76. The Bertz CT molecular complexity index is 869. The number of nitrogens with zero attached hydrogens (tertiary/aromatic N) is 1. The molecule has 1 heterocycles. The highest BCUT2D eigenvalue weighted by atomic mass is 16.5. The molecule has 0 atom stereocenters. The van der Waals surface area contributed by atoms with Gasteiger partial charge in [-0.3, -0.25) is 9.59 Å². The molecule has 30 heavy (non-hydrogen) atoms. The normalized spacial score (nSPS) is 14.1. The van der Waals surface area contributed by atoms with Crippen LogP contribution in [0.4, 0.5) is 5.69 Å². The SMILES string of the molecule is CC(C)(C)c1ccc(OCCCC(=O)Nc2cccc(CN3CCCC3=O)c2)cc1. The van der Waals surface area contributed by atoms with Gasteiger partial charge >= 0.3 is 0 Å². The van der Waals surface area contributed by atoms with E-state index in [1.165, 1.54) is 5.56 Å². The highest BCUT2D eigenvalue weighted by Crippen LogP contribution is 2.24. The molecular weight excluding hydrogens is 376 g/mol. The Balaban J connectivity index is 1.40. The zero-order chi connectivity index (χ0) is 21.6. The molecule has 1 saturated heterocycles. The minimum absolute atomic E-state index is 0.0314. The molecule has 1 fully saturated rings. The molecule has 2 amide bonds. The number of carbonyl (C=O) groups is 2. The van der Waals surface area contributed by atoms with Crippen LogP contribution < -0.4 is 10.1 Å². The number of hydrogen-bond acceptors (Lipinski definition) is 3. The van der Waals surface area contributed by atoms with Gasteiger partial charge in [0.2, 0.25) is 11.8 Å². The number of amides is 2. The van der Waals surface area contributed by atoms with Crippen LogP contribution in [-0.2, 0) is 21.5 Å². The van der Waals surface area contributed by atoms with Gasteiger partial charge in [0.15, 0.2) is 0 Å². The van der Waals surface area contributed by atoms with Crippen LogP contribution in [0.25, 0.3) is 0 Å². The molecule has 3 rings (SSSR count). The lowest BCUT2D eigenvalue weighted by Crippen LogP contribution is -2.23. The second-order valence-electron chi connectivity index (χ2n) is 8.89. The standard InChI is InChI=1S/C25H32N2O3/c1-25(2,3)20-11-13-22(14-12-20)30-16-6-9-23(28)26-21-8-4-7-19(17-21)18-27-15-5-10-24(27)29/h4,7-8,11-14,17H,5-6,9-10,15-16,18H2,1-3H3,(H,26,28). The predicted octanol–water partition coefficient (Wildman–Crippen LogP) is 4.90. The highest BCUT2D eigenvalue weighted by Gasteiger charge is 2.20. The smallest absolute Gasteiger partial charge is 0.224 e. The first-order valence-corrected chi connectivity index (χ1v) is 10.7. The molecule has 5 nitrogen and oxygen atoms in total. The van der Waals surface area contributed by atoms with Crippen molar-refractivity contribution in [2.45, 2.75) is 58.4 Å². The minimum atomic E-state index is -0.0314. The maximum Gasteiger partial charge on any atom is 0.224 e. The van der Waals surface area contributed by atoms with Crippen LogP contribution in [0.3, 0.4) is 0 Å². The Hall–Kier alpha value is -2.82. The summed E-state index contributed by atoms with van der Waals surface area (Å²) >= 11 is 0. The number of hydrogen-bond donors (Lipinski definition) is 1. The van der Waals surface area contributed by atoms with Crippen LogP contribution in [0.15, 0.2) is 48.5 Å². The Morgan fingerprint density at radius 1 is 1.13 bits per heavy atom. The summed E-state index contributed by atoms with van der Waals surface area (Å²) in [5.74, 6) is 1.00. The first kappa shape index (κ1) is 21.9. The van der Waals surface area contributed by atoms with E-state index in [0.29, 0.717) is 32.4 Å². The van der Waals surface area contributed by atoms with Crippen molar-refractivity contribution in [2.75, 3.05) is 18.5 Å². The number of anilines is 1. The molecule has 1 aliphatic heterocycles. The van der Waals surface area contributed by atoms with E-state index in [4.69, 9.17) is 4.74 Å². The van der Waals surface area contributed by atoms with Crippen LogP contribution in [0, 0.1) is 0 Å². The van der Waals surface area contributed by atoms with E-state index in [9.17, 15) is 9.59 Å². The molecule has 0 saturated carbocycles. The molecule has 0 bridgehead atoms. The third-order valence-electron chi connectivity index (χ3n) is 5.29. The molecule has 0 aliphatic carbocycles. The molecule has 0 unspecified atom stereocenters. The van der Waals surface area contributed by atoms with Gasteiger partial charge in [0.1, 0.15) is 5.75 Å². The molecule has 0 aromatic heterocycles. The summed E-state index contributed by atoms with van der Waals surface area (Å²) in [6.07, 6.45) is 2.61. The quantitative estimate of drug-likeness (QED) is 0.632. The zero-order valence-corrected chi connectivity index (χ0v) is 18.2. The molecule has 160 valence electrons. The van der Waals surface area contributed by atoms with E-state index in [1.54, 1.807) is 0 Å². The molecule has 0 radical (unpaired) electrons. The largest absolute Gasteiger partial charge is 0.494 e. The van der Waals surface area contributed by atoms with Crippen molar-refractivity contribution in [1.29, 1.82) is 0 Å². The summed E-state index contributed by atoms with van der Waals surface area (Å²) in [5, 5.41) is 2.94. The lowest BCUT2D eigenvalue weighted by atomic mass is 9.87. The van der Waals surface area contributed by atoms with E-state index in [0.717, 1.165) is 30.0 Å². The first-order chi connectivity index (χ1) is 14.3. The van der Waals surface area contributed by atoms with Crippen molar-refractivity contribution in [2.24, 2.45) is 0 Å². The Kier molecular flexibility index (Phi) is 7.14. The van der Waals surface area contributed by atoms with E-state index >= 15 is 0 Å². The molecule has 2 aromatic rings. The summed E-state index contributed by atoms with van der Waals surface area (Å²) in [6.45, 7) is 8.47. The molecule has 5 heteroatoms. The van der Waals surface area contributed by atoms with Crippen molar-refractivity contribution in [3.63, 3.8) is 0 Å². The number of rotatable bonds is 8. The van der Waals surface area contributed by atoms with E-state index in [2.05, 4.69) is 38.2 Å². The van der Waals surface area contributed by atoms with Gasteiger partial charge in [-0.15, -0.1) is 0 Å². The molecule has 1 N–H and O–H groups in total. The number of likely N-dealkylation sites (tertiary alicyclic amines) is 1. The number of carbonyl (C=O) groups excluding carboxylic acids is 2. The first-order valence-electron chi connectivity index (χ1n) is 10.7. The molecule has 0 spiro atoms. The van der Waals surface area contributed by atoms with Gasteiger partial charge in [0.05, 0.1) is 6.61 Å².